The van der Waals surface area contributed by atoms with Gasteiger partial charge in [0.25, 0.3) is 0 Å². The molecule has 1 atom stereocenters. The van der Waals surface area contributed by atoms with Crippen molar-refractivity contribution in [1.29, 1.82) is 0 Å². The first-order valence-electron chi connectivity index (χ1n) is 6.42. The van der Waals surface area contributed by atoms with Crippen LogP contribution in [0, 0.1) is 13.8 Å². The molecule has 1 amide bonds. The Morgan fingerprint density at radius 3 is 2.55 bits per heavy atom. The SMILES string of the molecule is Cc1noc(C)c1S(=O)(=O)N1CCC[C@@H]1C(=O)N(C)C. The Morgan fingerprint density at radius 1 is 1.40 bits per heavy atom. The zero-order valence-electron chi connectivity index (χ0n) is 12.1. The molecule has 1 aliphatic heterocycles. The first-order chi connectivity index (χ1) is 9.26. The Labute approximate surface area is 118 Å². The van der Waals surface area contributed by atoms with Crippen molar-refractivity contribution in [1.82, 2.24) is 14.4 Å². The molecule has 7 nitrogen and oxygen atoms in total. The minimum atomic E-state index is -3.75. The summed E-state index contributed by atoms with van der Waals surface area (Å²) >= 11 is 0. The van der Waals surface area contributed by atoms with Crippen molar-refractivity contribution in [3.05, 3.63) is 11.5 Å². The fourth-order valence-corrected chi connectivity index (χ4v) is 4.48. The predicted octanol–water partition coefficient (Wildman–Crippen LogP) is 0.533. The molecule has 2 rings (SSSR count). The number of likely N-dealkylation sites (N-methyl/N-ethyl adjacent to an activating group) is 1. The van der Waals surface area contributed by atoms with Crippen molar-refractivity contribution < 1.29 is 17.7 Å². The fraction of sp³-hybridized carbons (Fsp3) is 0.667. The van der Waals surface area contributed by atoms with Crippen LogP contribution >= 0.6 is 0 Å². The summed E-state index contributed by atoms with van der Waals surface area (Å²) in [6.45, 7) is 3.49. The number of aryl methyl sites for hydroxylation is 2. The highest BCUT2D eigenvalue weighted by atomic mass is 32.2. The van der Waals surface area contributed by atoms with Gasteiger partial charge < -0.3 is 9.42 Å². The molecule has 2 heterocycles. The Kier molecular flexibility index (Phi) is 3.88. The van der Waals surface area contributed by atoms with E-state index >= 15 is 0 Å². The molecule has 0 N–H and O–H groups in total. The van der Waals surface area contributed by atoms with Gasteiger partial charge in [0.1, 0.15) is 16.6 Å². The molecule has 8 heteroatoms. The van der Waals surface area contributed by atoms with Crippen LogP contribution in [-0.2, 0) is 14.8 Å². The van der Waals surface area contributed by atoms with Crippen LogP contribution < -0.4 is 0 Å². The predicted molar refractivity (Wildman–Crippen MR) is 71.6 cm³/mol. The Balaban J connectivity index is 2.42. The number of amides is 1. The largest absolute Gasteiger partial charge is 0.360 e. The third-order valence-electron chi connectivity index (χ3n) is 3.46. The molecule has 0 unspecified atom stereocenters. The van der Waals surface area contributed by atoms with Crippen LogP contribution in [0.5, 0.6) is 0 Å². The number of rotatable bonds is 3. The van der Waals surface area contributed by atoms with Gasteiger partial charge in [-0.15, -0.1) is 0 Å². The maximum Gasteiger partial charge on any atom is 0.249 e. The van der Waals surface area contributed by atoms with Crippen LogP contribution in [-0.4, -0.2) is 55.4 Å². The summed E-state index contributed by atoms with van der Waals surface area (Å²) in [4.78, 5) is 13.6. The van der Waals surface area contributed by atoms with Crippen molar-refractivity contribution >= 4 is 15.9 Å². The first kappa shape index (κ1) is 15.0. The molecule has 20 heavy (non-hydrogen) atoms. The van der Waals surface area contributed by atoms with E-state index in [9.17, 15) is 13.2 Å². The summed E-state index contributed by atoms with van der Waals surface area (Å²) < 4.78 is 31.7. The molecule has 0 aliphatic carbocycles. The molecule has 1 aromatic rings. The minimum Gasteiger partial charge on any atom is -0.360 e. The summed E-state index contributed by atoms with van der Waals surface area (Å²) in [5.41, 5.74) is 0.324. The second kappa shape index (κ2) is 5.17. The van der Waals surface area contributed by atoms with Gasteiger partial charge in [-0.25, -0.2) is 8.42 Å². The van der Waals surface area contributed by atoms with Gasteiger partial charge in [0.05, 0.1) is 0 Å². The maximum atomic E-state index is 12.7. The lowest BCUT2D eigenvalue weighted by Crippen LogP contribution is -2.45. The number of nitrogens with zero attached hydrogens (tertiary/aromatic N) is 3. The van der Waals surface area contributed by atoms with Crippen molar-refractivity contribution in [2.45, 2.75) is 37.6 Å². The zero-order valence-corrected chi connectivity index (χ0v) is 12.9. The molecule has 0 aromatic carbocycles. The number of carbonyl (C=O) groups excluding carboxylic acids is 1. The Bertz CT molecular complexity index is 601. The van der Waals surface area contributed by atoms with Crippen molar-refractivity contribution in [2.24, 2.45) is 0 Å². The van der Waals surface area contributed by atoms with E-state index in [4.69, 9.17) is 4.52 Å². The van der Waals surface area contributed by atoms with E-state index in [1.807, 2.05) is 0 Å². The summed E-state index contributed by atoms with van der Waals surface area (Å²) in [7, 11) is -0.502. The van der Waals surface area contributed by atoms with E-state index in [2.05, 4.69) is 5.16 Å². The summed E-state index contributed by atoms with van der Waals surface area (Å²) in [5.74, 6) is 0.0586. The third kappa shape index (κ3) is 2.33. The van der Waals surface area contributed by atoms with Crippen LogP contribution in [0.2, 0.25) is 0 Å². The van der Waals surface area contributed by atoms with Crippen LogP contribution in [0.3, 0.4) is 0 Å². The second-order valence-corrected chi connectivity index (χ2v) is 6.99. The number of hydrogen-bond donors (Lipinski definition) is 0. The molecule has 0 saturated carbocycles. The number of carbonyl (C=O) groups is 1. The highest BCUT2D eigenvalue weighted by Gasteiger charge is 2.42. The summed E-state index contributed by atoms with van der Waals surface area (Å²) in [6.07, 6.45) is 1.21. The van der Waals surface area contributed by atoms with Gasteiger partial charge in [0, 0.05) is 20.6 Å². The van der Waals surface area contributed by atoms with Gasteiger partial charge in [0.15, 0.2) is 5.76 Å². The number of hydrogen-bond acceptors (Lipinski definition) is 5. The highest BCUT2D eigenvalue weighted by Crippen LogP contribution is 2.30. The third-order valence-corrected chi connectivity index (χ3v) is 5.62. The van der Waals surface area contributed by atoms with Crippen molar-refractivity contribution in [3.8, 4) is 0 Å². The van der Waals surface area contributed by atoms with Gasteiger partial charge in [-0.2, -0.15) is 4.31 Å². The van der Waals surface area contributed by atoms with Gasteiger partial charge >= 0.3 is 0 Å². The molecule has 1 aliphatic rings. The van der Waals surface area contributed by atoms with E-state index in [0.717, 1.165) is 0 Å². The lowest BCUT2D eigenvalue weighted by Gasteiger charge is -2.25. The van der Waals surface area contributed by atoms with Crippen molar-refractivity contribution in [3.63, 3.8) is 0 Å². The summed E-state index contributed by atoms with van der Waals surface area (Å²) in [6, 6.07) is -0.635. The number of sulfonamides is 1. The molecule has 1 fully saturated rings. The standard InChI is InChI=1S/C12H19N3O4S/c1-8-11(9(2)19-13-8)20(17,18)15-7-5-6-10(15)12(16)14(3)4/h10H,5-7H2,1-4H3/t10-/m1/s1. The molecule has 0 radical (unpaired) electrons. The van der Waals surface area contributed by atoms with E-state index in [1.54, 1.807) is 27.9 Å². The molecule has 0 bridgehead atoms. The normalized spacial score (nSPS) is 20.3. The van der Waals surface area contributed by atoms with E-state index in [0.29, 0.717) is 25.1 Å². The van der Waals surface area contributed by atoms with E-state index < -0.39 is 16.1 Å². The van der Waals surface area contributed by atoms with E-state index in [1.165, 1.54) is 9.21 Å². The lowest BCUT2D eigenvalue weighted by atomic mass is 10.2. The zero-order chi connectivity index (χ0) is 15.1. The van der Waals surface area contributed by atoms with Gasteiger partial charge in [-0.3, -0.25) is 4.79 Å². The Morgan fingerprint density at radius 2 is 2.05 bits per heavy atom. The summed E-state index contributed by atoms with van der Waals surface area (Å²) in [5, 5.41) is 3.68. The average molecular weight is 301 g/mol. The quantitative estimate of drug-likeness (QED) is 0.813. The molecule has 1 saturated heterocycles. The molecular weight excluding hydrogens is 282 g/mol. The molecular formula is C12H19N3O4S. The Hall–Kier alpha value is -1.41. The smallest absolute Gasteiger partial charge is 0.249 e. The first-order valence-corrected chi connectivity index (χ1v) is 7.86. The topological polar surface area (TPSA) is 83.7 Å². The van der Waals surface area contributed by atoms with Crippen LogP contribution in [0.15, 0.2) is 9.42 Å². The minimum absolute atomic E-state index is 0.0796. The monoisotopic (exact) mass is 301 g/mol. The average Bonchev–Trinajstić information content (AvgIpc) is 2.95. The van der Waals surface area contributed by atoms with Crippen LogP contribution in [0.25, 0.3) is 0 Å². The van der Waals surface area contributed by atoms with Crippen molar-refractivity contribution in [2.75, 3.05) is 20.6 Å². The molecule has 1 aromatic heterocycles. The number of aromatic nitrogens is 1. The highest BCUT2D eigenvalue weighted by molar-refractivity contribution is 7.89. The molecule has 112 valence electrons. The molecule has 0 spiro atoms. The van der Waals surface area contributed by atoms with Crippen LogP contribution in [0.4, 0.5) is 0 Å². The maximum absolute atomic E-state index is 12.7. The van der Waals surface area contributed by atoms with Gasteiger partial charge in [0.2, 0.25) is 15.9 Å². The van der Waals surface area contributed by atoms with Crippen LogP contribution in [0.1, 0.15) is 24.3 Å². The van der Waals surface area contributed by atoms with E-state index in [-0.39, 0.29) is 16.6 Å². The fourth-order valence-electron chi connectivity index (χ4n) is 2.53. The van der Waals surface area contributed by atoms with Gasteiger partial charge in [-0.1, -0.05) is 5.16 Å². The second-order valence-electron chi connectivity index (χ2n) is 5.16. The lowest BCUT2D eigenvalue weighted by molar-refractivity contribution is -0.132. The van der Waals surface area contributed by atoms with Gasteiger partial charge in [-0.05, 0) is 26.7 Å².